The predicted octanol–water partition coefficient (Wildman–Crippen LogP) is 4.43. The minimum atomic E-state index is -1.00. The van der Waals surface area contributed by atoms with Crippen LogP contribution in [0.5, 0.6) is 5.75 Å². The van der Waals surface area contributed by atoms with Crippen LogP contribution in [0.3, 0.4) is 0 Å². The maximum absolute atomic E-state index is 13.2. The van der Waals surface area contributed by atoms with Crippen LogP contribution in [0.1, 0.15) is 40.6 Å². The minimum absolute atomic E-state index is 0.0391. The highest BCUT2D eigenvalue weighted by molar-refractivity contribution is 6.03. The number of aromatic nitrogens is 1. The van der Waals surface area contributed by atoms with Gasteiger partial charge in [-0.25, -0.2) is 9.59 Å². The van der Waals surface area contributed by atoms with E-state index in [-0.39, 0.29) is 23.4 Å². The number of ether oxygens (including phenoxy) is 1. The van der Waals surface area contributed by atoms with Crippen molar-refractivity contribution in [1.29, 1.82) is 0 Å². The van der Waals surface area contributed by atoms with Crippen LogP contribution in [0.2, 0.25) is 0 Å². The topological polar surface area (TPSA) is 92.1 Å². The SMILES string of the molecule is CCN(C(=O)N1CCC(C(=O)c2ccc3c(c2)cc(C(=O)O)n3C)CC1)c1ccc(OC)cc1. The summed E-state index contributed by atoms with van der Waals surface area (Å²) in [4.78, 5) is 41.3. The molecule has 8 heteroatoms. The number of carbonyl (C=O) groups excluding carboxylic acids is 2. The van der Waals surface area contributed by atoms with Crippen LogP contribution in [-0.2, 0) is 7.05 Å². The van der Waals surface area contributed by atoms with Crippen LogP contribution in [0.4, 0.5) is 10.5 Å². The first-order chi connectivity index (χ1) is 16.3. The van der Waals surface area contributed by atoms with Crippen molar-refractivity contribution < 1.29 is 24.2 Å². The first kappa shape index (κ1) is 23.4. The molecule has 0 aliphatic carbocycles. The highest BCUT2D eigenvalue weighted by atomic mass is 16.5. The van der Waals surface area contributed by atoms with E-state index in [0.29, 0.717) is 38.0 Å². The van der Waals surface area contributed by atoms with Gasteiger partial charge in [-0.1, -0.05) is 0 Å². The number of nitrogens with zero attached hydrogens (tertiary/aromatic N) is 3. The molecular weight excluding hydrogens is 434 g/mol. The van der Waals surface area contributed by atoms with Crippen molar-refractivity contribution in [2.75, 3.05) is 31.6 Å². The minimum Gasteiger partial charge on any atom is -0.497 e. The molecule has 1 aromatic heterocycles. The second-order valence-electron chi connectivity index (χ2n) is 8.52. The Bertz CT molecular complexity index is 1220. The van der Waals surface area contributed by atoms with Gasteiger partial charge in [-0.15, -0.1) is 0 Å². The lowest BCUT2D eigenvalue weighted by Crippen LogP contribution is -2.47. The molecule has 1 N–H and O–H groups in total. The van der Waals surface area contributed by atoms with Crippen molar-refractivity contribution in [3.05, 3.63) is 59.8 Å². The van der Waals surface area contributed by atoms with Gasteiger partial charge >= 0.3 is 12.0 Å². The predicted molar refractivity (Wildman–Crippen MR) is 130 cm³/mol. The summed E-state index contributed by atoms with van der Waals surface area (Å²) in [6.45, 7) is 3.50. The van der Waals surface area contributed by atoms with Crippen LogP contribution < -0.4 is 9.64 Å². The molecule has 0 radical (unpaired) electrons. The zero-order valence-electron chi connectivity index (χ0n) is 19.7. The Morgan fingerprint density at radius 2 is 1.74 bits per heavy atom. The molecule has 2 amide bonds. The van der Waals surface area contributed by atoms with E-state index in [9.17, 15) is 19.5 Å². The number of likely N-dealkylation sites (tertiary alicyclic amines) is 1. The van der Waals surface area contributed by atoms with Gasteiger partial charge < -0.3 is 19.3 Å². The lowest BCUT2D eigenvalue weighted by atomic mass is 9.88. The van der Waals surface area contributed by atoms with E-state index in [2.05, 4.69) is 0 Å². The second kappa shape index (κ2) is 9.59. The van der Waals surface area contributed by atoms with Gasteiger partial charge in [-0.2, -0.15) is 0 Å². The van der Waals surface area contributed by atoms with Gasteiger partial charge in [0.25, 0.3) is 0 Å². The molecule has 1 aliphatic heterocycles. The van der Waals surface area contributed by atoms with Crippen molar-refractivity contribution in [2.45, 2.75) is 19.8 Å². The van der Waals surface area contributed by atoms with Crippen molar-refractivity contribution in [1.82, 2.24) is 9.47 Å². The van der Waals surface area contributed by atoms with Crippen LogP contribution in [-0.4, -0.2) is 59.1 Å². The Hall–Kier alpha value is -3.81. The van der Waals surface area contributed by atoms with Crippen molar-refractivity contribution in [3.8, 4) is 5.75 Å². The van der Waals surface area contributed by atoms with E-state index in [0.717, 1.165) is 22.3 Å². The number of methoxy groups -OCH3 is 1. The summed E-state index contributed by atoms with van der Waals surface area (Å²) in [6.07, 6.45) is 1.19. The number of hydrogen-bond donors (Lipinski definition) is 1. The number of benzene rings is 2. The largest absolute Gasteiger partial charge is 0.497 e. The summed E-state index contributed by atoms with van der Waals surface area (Å²) in [5.74, 6) is -0.392. The summed E-state index contributed by atoms with van der Waals surface area (Å²) in [5.41, 5.74) is 2.34. The molecule has 0 atom stereocenters. The average molecular weight is 464 g/mol. The van der Waals surface area contributed by atoms with Crippen LogP contribution in [0.25, 0.3) is 10.9 Å². The van der Waals surface area contributed by atoms with E-state index >= 15 is 0 Å². The molecule has 2 heterocycles. The zero-order valence-corrected chi connectivity index (χ0v) is 19.7. The number of carboxylic acid groups (broad SMARTS) is 1. The third-order valence-electron chi connectivity index (χ3n) is 6.61. The van der Waals surface area contributed by atoms with Crippen LogP contribution >= 0.6 is 0 Å². The number of carboxylic acids is 1. The number of Topliss-reactive ketones (excluding diaryl/α,β-unsaturated/α-hetero) is 1. The molecule has 0 spiro atoms. The van der Waals surface area contributed by atoms with Crippen molar-refractivity contribution in [3.63, 3.8) is 0 Å². The number of anilines is 1. The second-order valence-corrected chi connectivity index (χ2v) is 8.52. The van der Waals surface area contributed by atoms with E-state index in [1.807, 2.05) is 31.2 Å². The van der Waals surface area contributed by atoms with Gasteiger partial charge in [0, 0.05) is 54.8 Å². The number of amides is 2. The summed E-state index contributed by atoms with van der Waals surface area (Å²) in [7, 11) is 3.31. The lowest BCUT2D eigenvalue weighted by Gasteiger charge is -2.35. The third-order valence-corrected chi connectivity index (χ3v) is 6.61. The van der Waals surface area contributed by atoms with Crippen molar-refractivity contribution >= 4 is 34.4 Å². The number of fused-ring (bicyclic) bond motifs is 1. The van der Waals surface area contributed by atoms with Crippen LogP contribution in [0.15, 0.2) is 48.5 Å². The molecule has 3 aromatic rings. The van der Waals surface area contributed by atoms with Gasteiger partial charge in [0.2, 0.25) is 0 Å². The van der Waals surface area contributed by atoms with Crippen molar-refractivity contribution in [2.24, 2.45) is 13.0 Å². The summed E-state index contributed by atoms with van der Waals surface area (Å²) >= 11 is 0. The van der Waals surface area contributed by atoms with Gasteiger partial charge in [0.05, 0.1) is 7.11 Å². The third kappa shape index (κ3) is 4.35. The number of urea groups is 1. The maximum Gasteiger partial charge on any atom is 0.352 e. The summed E-state index contributed by atoms with van der Waals surface area (Å²) in [5, 5.41) is 10.1. The molecule has 1 fully saturated rings. The van der Waals surface area contributed by atoms with E-state index in [1.54, 1.807) is 52.8 Å². The molecular formula is C26H29N3O5. The highest BCUT2D eigenvalue weighted by Gasteiger charge is 2.30. The number of piperidine rings is 1. The van der Waals surface area contributed by atoms with E-state index in [4.69, 9.17) is 4.74 Å². The van der Waals surface area contributed by atoms with Crippen LogP contribution in [0, 0.1) is 5.92 Å². The molecule has 2 aromatic carbocycles. The van der Waals surface area contributed by atoms with Gasteiger partial charge in [-0.05, 0) is 68.3 Å². The average Bonchev–Trinajstić information content (AvgIpc) is 3.20. The number of hydrogen-bond acceptors (Lipinski definition) is 4. The van der Waals surface area contributed by atoms with Gasteiger partial charge in [-0.3, -0.25) is 9.69 Å². The quantitative estimate of drug-likeness (QED) is 0.546. The number of aromatic carboxylic acids is 1. The van der Waals surface area contributed by atoms with Gasteiger partial charge in [0.1, 0.15) is 11.4 Å². The van der Waals surface area contributed by atoms with E-state index in [1.165, 1.54) is 0 Å². The fourth-order valence-electron chi connectivity index (χ4n) is 4.64. The normalized spacial score (nSPS) is 14.3. The molecule has 178 valence electrons. The Balaban J connectivity index is 1.43. The summed E-state index contributed by atoms with van der Waals surface area (Å²) < 4.78 is 6.81. The number of ketones is 1. The maximum atomic E-state index is 13.2. The standard InChI is InChI=1S/C26H29N3O5/c1-4-29(20-6-8-21(34-3)9-7-20)26(33)28-13-11-17(12-14-28)24(30)18-5-10-22-19(15-18)16-23(25(31)32)27(22)2/h5-10,15-17H,4,11-14H2,1-3H3,(H,31,32). The number of carbonyl (C=O) groups is 3. The Labute approximate surface area is 198 Å². The molecule has 0 saturated carbocycles. The molecule has 1 aliphatic rings. The Morgan fingerprint density at radius 3 is 2.32 bits per heavy atom. The van der Waals surface area contributed by atoms with E-state index < -0.39 is 5.97 Å². The smallest absolute Gasteiger partial charge is 0.352 e. The molecule has 0 bridgehead atoms. The Kier molecular flexibility index (Phi) is 6.58. The lowest BCUT2D eigenvalue weighted by molar-refractivity contribution is 0.0686. The molecule has 0 unspecified atom stereocenters. The fourth-order valence-corrected chi connectivity index (χ4v) is 4.64. The molecule has 1 saturated heterocycles. The molecule has 34 heavy (non-hydrogen) atoms. The zero-order chi connectivity index (χ0) is 24.4. The molecule has 4 rings (SSSR count). The fraction of sp³-hybridized carbons (Fsp3) is 0.346. The number of rotatable bonds is 6. The summed E-state index contributed by atoms with van der Waals surface area (Å²) in [6, 6.07) is 14.2. The monoisotopic (exact) mass is 463 g/mol. The first-order valence-electron chi connectivity index (χ1n) is 11.4. The number of aryl methyl sites for hydroxylation is 1. The first-order valence-corrected chi connectivity index (χ1v) is 11.4. The molecule has 8 nitrogen and oxygen atoms in total. The highest BCUT2D eigenvalue weighted by Crippen LogP contribution is 2.27. The Morgan fingerprint density at radius 1 is 1.06 bits per heavy atom. The van der Waals surface area contributed by atoms with Gasteiger partial charge in [0.15, 0.2) is 5.78 Å².